The van der Waals surface area contributed by atoms with Crippen molar-refractivity contribution in [1.82, 2.24) is 5.32 Å². The van der Waals surface area contributed by atoms with Crippen LogP contribution in [0.15, 0.2) is 48.5 Å². The van der Waals surface area contributed by atoms with Gasteiger partial charge in [0.05, 0.1) is 25.3 Å². The van der Waals surface area contributed by atoms with Crippen molar-refractivity contribution >= 4 is 23.5 Å². The molecule has 0 radical (unpaired) electrons. The molecule has 0 spiro atoms. The van der Waals surface area contributed by atoms with Crippen molar-refractivity contribution in [1.29, 1.82) is 0 Å². The van der Waals surface area contributed by atoms with Gasteiger partial charge in [-0.05, 0) is 24.6 Å². The minimum Gasteiger partial charge on any atom is -0.482 e. The van der Waals surface area contributed by atoms with Gasteiger partial charge in [-0.2, -0.15) is 0 Å². The molecule has 0 saturated heterocycles. The Balaban J connectivity index is 1.66. The molecule has 1 atom stereocenters. The lowest BCUT2D eigenvalue weighted by molar-refractivity contribution is -0.141. The van der Waals surface area contributed by atoms with Crippen LogP contribution in [0.3, 0.4) is 0 Å². The van der Waals surface area contributed by atoms with Crippen molar-refractivity contribution in [2.24, 2.45) is 0 Å². The molecule has 3 rings (SSSR count). The van der Waals surface area contributed by atoms with Gasteiger partial charge in [-0.1, -0.05) is 42.0 Å². The second-order valence-electron chi connectivity index (χ2n) is 6.86. The van der Waals surface area contributed by atoms with Gasteiger partial charge in [0.15, 0.2) is 6.61 Å². The summed E-state index contributed by atoms with van der Waals surface area (Å²) in [6.07, 6.45) is 0.133. The highest BCUT2D eigenvalue weighted by molar-refractivity contribution is 5.98. The Labute approximate surface area is 169 Å². The standard InChI is InChI=1S/C22H24N2O5/c1-15-7-9-16(10-8-15)17(13-22(27)28-2)23-20(25)11-12-24-18-5-3-4-6-19(18)29-14-21(24)26/h3-10,17H,11-14H2,1-2H3,(H,23,25). The first-order valence-corrected chi connectivity index (χ1v) is 9.43. The lowest BCUT2D eigenvalue weighted by Gasteiger charge is -2.29. The van der Waals surface area contributed by atoms with Crippen LogP contribution in [0.1, 0.15) is 30.0 Å². The smallest absolute Gasteiger partial charge is 0.307 e. The van der Waals surface area contributed by atoms with E-state index in [9.17, 15) is 14.4 Å². The van der Waals surface area contributed by atoms with E-state index in [4.69, 9.17) is 9.47 Å². The monoisotopic (exact) mass is 396 g/mol. The predicted octanol–water partition coefficient (Wildman–Crippen LogP) is 2.53. The molecule has 1 aliphatic rings. The molecule has 1 aliphatic heterocycles. The van der Waals surface area contributed by atoms with Crippen LogP contribution in [-0.2, 0) is 19.1 Å². The number of carbonyl (C=O) groups is 3. The summed E-state index contributed by atoms with van der Waals surface area (Å²) in [6, 6.07) is 14.3. The number of hydrogen-bond acceptors (Lipinski definition) is 5. The zero-order valence-electron chi connectivity index (χ0n) is 16.5. The molecule has 7 heteroatoms. The molecule has 1 N–H and O–H groups in total. The minimum atomic E-state index is -0.497. The number of nitrogens with one attached hydrogen (secondary N) is 1. The van der Waals surface area contributed by atoms with Gasteiger partial charge in [0.2, 0.25) is 5.91 Å². The van der Waals surface area contributed by atoms with Gasteiger partial charge >= 0.3 is 5.97 Å². The van der Waals surface area contributed by atoms with Crippen LogP contribution < -0.4 is 15.0 Å². The molecule has 29 heavy (non-hydrogen) atoms. The first kappa shape index (κ1) is 20.4. The van der Waals surface area contributed by atoms with Crippen LogP contribution in [0.25, 0.3) is 0 Å². The average molecular weight is 396 g/mol. The summed E-state index contributed by atoms with van der Waals surface area (Å²) in [7, 11) is 1.32. The molecule has 7 nitrogen and oxygen atoms in total. The molecule has 0 aromatic heterocycles. The van der Waals surface area contributed by atoms with E-state index in [1.165, 1.54) is 7.11 Å². The number of anilines is 1. The number of amides is 2. The molecular formula is C22H24N2O5. The Morgan fingerprint density at radius 2 is 1.90 bits per heavy atom. The third-order valence-electron chi connectivity index (χ3n) is 4.78. The summed E-state index contributed by atoms with van der Waals surface area (Å²) in [5.74, 6) is -0.235. The van der Waals surface area contributed by atoms with Gasteiger partial charge in [0.25, 0.3) is 5.91 Å². The number of ether oxygens (including phenoxy) is 2. The summed E-state index contributed by atoms with van der Waals surface area (Å²) in [5, 5.41) is 2.89. The second kappa shape index (κ2) is 9.23. The van der Waals surface area contributed by atoms with Gasteiger partial charge in [-0.25, -0.2) is 0 Å². The maximum absolute atomic E-state index is 12.6. The SMILES string of the molecule is COC(=O)CC(NC(=O)CCN1C(=O)COc2ccccc21)c1ccc(C)cc1. The Bertz CT molecular complexity index is 894. The molecular weight excluding hydrogens is 372 g/mol. The van der Waals surface area contributed by atoms with Gasteiger partial charge in [-0.3, -0.25) is 14.4 Å². The number of nitrogens with zero attached hydrogens (tertiary/aromatic N) is 1. The fourth-order valence-electron chi connectivity index (χ4n) is 3.18. The molecule has 0 bridgehead atoms. The normalized spacial score (nSPS) is 13.9. The van der Waals surface area contributed by atoms with Crippen LogP contribution >= 0.6 is 0 Å². The number of para-hydroxylation sites is 2. The molecule has 2 amide bonds. The van der Waals surface area contributed by atoms with E-state index in [1.807, 2.05) is 43.3 Å². The van der Waals surface area contributed by atoms with Crippen molar-refractivity contribution in [3.05, 3.63) is 59.7 Å². The third-order valence-corrected chi connectivity index (χ3v) is 4.78. The van der Waals surface area contributed by atoms with Gasteiger partial charge < -0.3 is 19.7 Å². The Hall–Kier alpha value is -3.35. The highest BCUT2D eigenvalue weighted by Gasteiger charge is 2.26. The fraction of sp³-hybridized carbons (Fsp3) is 0.318. The molecule has 0 saturated carbocycles. The number of esters is 1. The number of benzene rings is 2. The van der Waals surface area contributed by atoms with Gasteiger partial charge in [0.1, 0.15) is 5.75 Å². The Morgan fingerprint density at radius 3 is 2.62 bits per heavy atom. The van der Waals surface area contributed by atoms with Crippen LogP contribution in [0, 0.1) is 6.92 Å². The summed E-state index contributed by atoms with van der Waals surface area (Å²) in [5.41, 5.74) is 2.56. The van der Waals surface area contributed by atoms with E-state index >= 15 is 0 Å². The lowest BCUT2D eigenvalue weighted by Crippen LogP contribution is -2.41. The highest BCUT2D eigenvalue weighted by Crippen LogP contribution is 2.31. The molecule has 0 fully saturated rings. The molecule has 2 aromatic rings. The Kier molecular flexibility index (Phi) is 6.49. The lowest BCUT2D eigenvalue weighted by atomic mass is 10.0. The summed E-state index contributed by atoms with van der Waals surface area (Å²) in [6.45, 7) is 2.14. The third kappa shape index (κ3) is 5.13. The van der Waals surface area contributed by atoms with E-state index < -0.39 is 12.0 Å². The minimum absolute atomic E-state index is 0.0324. The summed E-state index contributed by atoms with van der Waals surface area (Å²) < 4.78 is 10.2. The molecule has 0 aliphatic carbocycles. The van der Waals surface area contributed by atoms with Gasteiger partial charge in [0, 0.05) is 13.0 Å². The van der Waals surface area contributed by atoms with Crippen molar-refractivity contribution in [3.63, 3.8) is 0 Å². The maximum Gasteiger partial charge on any atom is 0.307 e. The average Bonchev–Trinajstić information content (AvgIpc) is 2.73. The van der Waals surface area contributed by atoms with Crippen LogP contribution in [-0.4, -0.2) is 38.0 Å². The number of fused-ring (bicyclic) bond motifs is 1. The summed E-state index contributed by atoms with van der Waals surface area (Å²) in [4.78, 5) is 38.2. The number of aryl methyl sites for hydroxylation is 1. The van der Waals surface area contributed by atoms with Crippen LogP contribution in [0.4, 0.5) is 5.69 Å². The van der Waals surface area contributed by atoms with Crippen LogP contribution in [0.5, 0.6) is 5.75 Å². The zero-order valence-corrected chi connectivity index (χ0v) is 16.5. The highest BCUT2D eigenvalue weighted by atomic mass is 16.5. The van der Waals surface area contributed by atoms with Crippen molar-refractivity contribution in [3.8, 4) is 5.75 Å². The largest absolute Gasteiger partial charge is 0.482 e. The first-order valence-electron chi connectivity index (χ1n) is 9.43. The van der Waals surface area contributed by atoms with Crippen LogP contribution in [0.2, 0.25) is 0 Å². The quantitative estimate of drug-likeness (QED) is 0.727. The molecule has 1 heterocycles. The number of carbonyl (C=O) groups excluding carboxylic acids is 3. The van der Waals surface area contributed by atoms with E-state index in [-0.39, 0.29) is 37.8 Å². The first-order chi connectivity index (χ1) is 14.0. The van der Waals surface area contributed by atoms with E-state index in [0.29, 0.717) is 11.4 Å². The molecule has 152 valence electrons. The van der Waals surface area contributed by atoms with E-state index in [1.54, 1.807) is 17.0 Å². The topological polar surface area (TPSA) is 84.9 Å². The zero-order chi connectivity index (χ0) is 20.8. The number of methoxy groups -OCH3 is 1. The second-order valence-corrected chi connectivity index (χ2v) is 6.86. The number of rotatable bonds is 7. The Morgan fingerprint density at radius 1 is 1.17 bits per heavy atom. The van der Waals surface area contributed by atoms with Crippen molar-refractivity contribution < 1.29 is 23.9 Å². The van der Waals surface area contributed by atoms with E-state index in [0.717, 1.165) is 11.1 Å². The van der Waals surface area contributed by atoms with E-state index in [2.05, 4.69) is 5.32 Å². The summed E-state index contributed by atoms with van der Waals surface area (Å²) >= 11 is 0. The molecule has 2 aromatic carbocycles. The van der Waals surface area contributed by atoms with Crippen molar-refractivity contribution in [2.45, 2.75) is 25.8 Å². The van der Waals surface area contributed by atoms with Crippen molar-refractivity contribution in [2.75, 3.05) is 25.2 Å². The number of hydrogen-bond donors (Lipinski definition) is 1. The van der Waals surface area contributed by atoms with Gasteiger partial charge in [-0.15, -0.1) is 0 Å². The fourth-order valence-corrected chi connectivity index (χ4v) is 3.18. The molecule has 1 unspecified atom stereocenters. The maximum atomic E-state index is 12.6. The predicted molar refractivity (Wildman–Crippen MR) is 108 cm³/mol.